The van der Waals surface area contributed by atoms with Gasteiger partial charge in [-0.3, -0.25) is 0 Å². The molecule has 0 saturated carbocycles. The third-order valence-corrected chi connectivity index (χ3v) is 0.668. The van der Waals surface area contributed by atoms with Crippen LogP contribution < -0.4 is 5.73 Å². The molecule has 0 atom stereocenters. The molecule has 0 aromatic heterocycles. The Hall–Kier alpha value is -1.52. The van der Waals surface area contributed by atoms with Crippen LogP contribution in [0, 0.1) is 0 Å². The molecule has 0 bridgehead atoms. The average molecular weight is 159 g/mol. The Bertz CT molecular complexity index is 175. The van der Waals surface area contributed by atoms with E-state index in [1.165, 1.54) is 0 Å². The third-order valence-electron chi connectivity index (χ3n) is 0.668. The van der Waals surface area contributed by atoms with Crippen molar-refractivity contribution in [3.63, 3.8) is 0 Å². The third kappa shape index (κ3) is 6.36. The monoisotopic (exact) mass is 159 g/mol. The van der Waals surface area contributed by atoms with Crippen molar-refractivity contribution in [2.24, 2.45) is 5.73 Å². The maximum absolute atomic E-state index is 10.4. The number of amides is 1. The summed E-state index contributed by atoms with van der Waals surface area (Å²) in [7, 11) is 0. The van der Waals surface area contributed by atoms with E-state index < -0.39 is 12.1 Å². The van der Waals surface area contributed by atoms with Crippen LogP contribution in [0.2, 0.25) is 0 Å². The summed E-state index contributed by atoms with van der Waals surface area (Å²) < 4.78 is 8.58. The molecule has 0 aromatic carbocycles. The van der Waals surface area contributed by atoms with Crippen LogP contribution in [-0.4, -0.2) is 18.7 Å². The Morgan fingerprint density at radius 2 is 2.18 bits per heavy atom. The lowest BCUT2D eigenvalue weighted by Gasteiger charge is -1.93. The number of esters is 1. The number of carbonyl (C=O) groups is 2. The number of ether oxygens (including phenoxy) is 2. The maximum atomic E-state index is 10.4. The van der Waals surface area contributed by atoms with E-state index in [0.717, 1.165) is 12.3 Å². The van der Waals surface area contributed by atoms with E-state index in [0.29, 0.717) is 6.61 Å². The summed E-state index contributed by atoms with van der Waals surface area (Å²) in [5.41, 5.74) is 4.54. The second-order valence-electron chi connectivity index (χ2n) is 1.50. The fourth-order valence-electron chi connectivity index (χ4n) is 0.333. The van der Waals surface area contributed by atoms with Crippen molar-refractivity contribution in [3.8, 4) is 0 Å². The second kappa shape index (κ2) is 5.28. The minimum atomic E-state index is -1.13. The van der Waals surface area contributed by atoms with Gasteiger partial charge in [0.15, 0.2) is 0 Å². The lowest BCUT2D eigenvalue weighted by atomic mass is 10.6. The van der Waals surface area contributed by atoms with Gasteiger partial charge in [-0.25, -0.2) is 9.59 Å². The maximum Gasteiger partial charge on any atom is 0.412 e. The predicted octanol–water partition coefficient (Wildman–Crippen LogP) is 0.159. The molecular weight excluding hydrogens is 150 g/mol. The summed E-state index contributed by atoms with van der Waals surface area (Å²) >= 11 is 0. The molecule has 0 aliphatic heterocycles. The molecule has 0 aliphatic rings. The summed E-state index contributed by atoms with van der Waals surface area (Å²) in [6, 6.07) is 0. The Balaban J connectivity index is 3.60. The summed E-state index contributed by atoms with van der Waals surface area (Å²) in [5, 5.41) is 0. The van der Waals surface area contributed by atoms with Gasteiger partial charge >= 0.3 is 12.1 Å². The van der Waals surface area contributed by atoms with Gasteiger partial charge in [0.25, 0.3) is 0 Å². The van der Waals surface area contributed by atoms with Gasteiger partial charge in [-0.05, 0) is 6.92 Å². The summed E-state index contributed by atoms with van der Waals surface area (Å²) in [5.74, 6) is -0.842. The topological polar surface area (TPSA) is 78.6 Å². The number of hydrogen-bond donors (Lipinski definition) is 1. The number of primary amides is 1. The first-order valence-electron chi connectivity index (χ1n) is 2.96. The highest BCUT2D eigenvalue weighted by molar-refractivity contribution is 5.90. The smallest absolute Gasteiger partial charge is 0.412 e. The Morgan fingerprint density at radius 1 is 1.55 bits per heavy atom. The molecule has 5 heteroatoms. The molecule has 0 rings (SSSR count). The molecule has 0 aliphatic carbocycles. The zero-order valence-corrected chi connectivity index (χ0v) is 6.07. The van der Waals surface area contributed by atoms with Crippen LogP contribution in [0.5, 0.6) is 0 Å². The summed E-state index contributed by atoms with van der Waals surface area (Å²) in [6.45, 7) is 2.20. The first-order valence-corrected chi connectivity index (χ1v) is 2.96. The highest BCUT2D eigenvalue weighted by Crippen LogP contribution is 1.82. The quantitative estimate of drug-likeness (QED) is 0.275. The number of carbonyl (C=O) groups excluding carboxylic acids is 2. The molecule has 0 heterocycles. The lowest BCUT2D eigenvalue weighted by molar-refractivity contribution is -0.131. The van der Waals surface area contributed by atoms with Crippen molar-refractivity contribution in [2.75, 3.05) is 6.61 Å². The SMILES string of the molecule is CCO/C=C/C(=O)OC(N)=O. The van der Waals surface area contributed by atoms with E-state index in [1.807, 2.05) is 0 Å². The van der Waals surface area contributed by atoms with Crippen LogP contribution in [-0.2, 0) is 14.3 Å². The Kier molecular flexibility index (Phi) is 4.55. The lowest BCUT2D eigenvalue weighted by Crippen LogP contribution is -2.16. The second-order valence-corrected chi connectivity index (χ2v) is 1.50. The zero-order valence-electron chi connectivity index (χ0n) is 6.07. The molecule has 0 radical (unpaired) electrons. The molecule has 0 aromatic rings. The summed E-state index contributed by atoms with van der Waals surface area (Å²) in [6.07, 6.45) is 0.968. The van der Waals surface area contributed by atoms with Crippen molar-refractivity contribution in [1.82, 2.24) is 0 Å². The fraction of sp³-hybridized carbons (Fsp3) is 0.333. The Labute approximate surface area is 63.8 Å². The highest BCUT2D eigenvalue weighted by atomic mass is 16.6. The van der Waals surface area contributed by atoms with Gasteiger partial charge < -0.3 is 15.2 Å². The zero-order chi connectivity index (χ0) is 8.69. The van der Waals surface area contributed by atoms with Crippen LogP contribution in [0.1, 0.15) is 6.92 Å². The number of hydrogen-bond acceptors (Lipinski definition) is 4. The molecule has 5 nitrogen and oxygen atoms in total. The normalized spacial score (nSPS) is 9.55. The van der Waals surface area contributed by atoms with Crippen LogP contribution in [0.15, 0.2) is 12.3 Å². The first kappa shape index (κ1) is 9.48. The molecular formula is C6H9NO4. The average Bonchev–Trinajstić information content (AvgIpc) is 1.86. The van der Waals surface area contributed by atoms with Crippen LogP contribution in [0.25, 0.3) is 0 Å². The molecule has 2 N–H and O–H groups in total. The number of rotatable bonds is 3. The molecule has 0 spiro atoms. The molecule has 62 valence electrons. The van der Waals surface area contributed by atoms with Gasteiger partial charge in [0.1, 0.15) is 0 Å². The van der Waals surface area contributed by atoms with Crippen LogP contribution >= 0.6 is 0 Å². The van der Waals surface area contributed by atoms with Crippen molar-refractivity contribution in [3.05, 3.63) is 12.3 Å². The fourth-order valence-corrected chi connectivity index (χ4v) is 0.333. The van der Waals surface area contributed by atoms with E-state index in [1.54, 1.807) is 6.92 Å². The van der Waals surface area contributed by atoms with Crippen molar-refractivity contribution in [1.29, 1.82) is 0 Å². The van der Waals surface area contributed by atoms with Crippen molar-refractivity contribution < 1.29 is 19.1 Å². The predicted molar refractivity (Wildman–Crippen MR) is 36.4 cm³/mol. The highest BCUT2D eigenvalue weighted by Gasteiger charge is 1.99. The van der Waals surface area contributed by atoms with Gasteiger partial charge in [0.2, 0.25) is 0 Å². The van der Waals surface area contributed by atoms with Gasteiger partial charge in [-0.1, -0.05) is 0 Å². The molecule has 0 fully saturated rings. The van der Waals surface area contributed by atoms with E-state index >= 15 is 0 Å². The van der Waals surface area contributed by atoms with E-state index in [-0.39, 0.29) is 0 Å². The van der Waals surface area contributed by atoms with Crippen molar-refractivity contribution in [2.45, 2.75) is 6.92 Å². The van der Waals surface area contributed by atoms with Gasteiger partial charge in [0, 0.05) is 0 Å². The van der Waals surface area contributed by atoms with Gasteiger partial charge in [-0.2, -0.15) is 0 Å². The van der Waals surface area contributed by atoms with Crippen LogP contribution in [0.3, 0.4) is 0 Å². The van der Waals surface area contributed by atoms with Gasteiger partial charge in [0.05, 0.1) is 18.9 Å². The first-order chi connectivity index (χ1) is 5.16. The molecule has 11 heavy (non-hydrogen) atoms. The molecule has 0 unspecified atom stereocenters. The molecule has 1 amide bonds. The van der Waals surface area contributed by atoms with Gasteiger partial charge in [-0.15, -0.1) is 0 Å². The van der Waals surface area contributed by atoms with E-state index in [4.69, 9.17) is 0 Å². The van der Waals surface area contributed by atoms with E-state index in [2.05, 4.69) is 15.2 Å². The van der Waals surface area contributed by atoms with E-state index in [9.17, 15) is 9.59 Å². The minimum absolute atomic E-state index is 0.445. The Morgan fingerprint density at radius 3 is 2.64 bits per heavy atom. The largest absolute Gasteiger partial charge is 0.501 e. The number of nitrogens with two attached hydrogens (primary N) is 1. The van der Waals surface area contributed by atoms with Crippen LogP contribution in [0.4, 0.5) is 4.79 Å². The standard InChI is InChI=1S/C6H9NO4/c1-2-10-4-3-5(8)11-6(7)9/h3-4H,2H2,1H3,(H2,7,9)/b4-3+. The minimum Gasteiger partial charge on any atom is -0.501 e. The molecule has 0 saturated heterocycles. The summed E-state index contributed by atoms with van der Waals surface area (Å²) in [4.78, 5) is 20.4. The van der Waals surface area contributed by atoms with Crippen molar-refractivity contribution >= 4 is 12.1 Å².